The van der Waals surface area contributed by atoms with Crippen LogP contribution in [0.4, 0.5) is 5.69 Å². The minimum atomic E-state index is -0.252. The molecular formula is C47H30N2OS. The predicted octanol–water partition coefficient (Wildman–Crippen LogP) is 13.1. The molecule has 0 fully saturated rings. The second kappa shape index (κ2) is 11.1. The van der Waals surface area contributed by atoms with E-state index in [1.54, 1.807) is 0 Å². The van der Waals surface area contributed by atoms with Gasteiger partial charge in [0.1, 0.15) is 5.75 Å². The number of para-hydroxylation sites is 1. The van der Waals surface area contributed by atoms with Crippen LogP contribution in [0.25, 0.3) is 80.7 Å². The molecule has 240 valence electrons. The zero-order valence-corrected chi connectivity index (χ0v) is 28.3. The third-order valence-corrected chi connectivity index (χ3v) is 11.5. The lowest BCUT2D eigenvalue weighted by Crippen LogP contribution is -2.09. The summed E-state index contributed by atoms with van der Waals surface area (Å²) in [6.07, 6.45) is -0.252. The summed E-state index contributed by atoms with van der Waals surface area (Å²) in [6, 6.07) is 61.4. The van der Waals surface area contributed by atoms with Crippen molar-refractivity contribution in [3.05, 3.63) is 175 Å². The van der Waals surface area contributed by atoms with E-state index in [2.05, 4.69) is 180 Å². The molecule has 0 spiro atoms. The first kappa shape index (κ1) is 28.5. The van der Waals surface area contributed by atoms with Gasteiger partial charge in [-0.05, 0) is 87.6 Å². The van der Waals surface area contributed by atoms with Crippen molar-refractivity contribution < 1.29 is 4.74 Å². The van der Waals surface area contributed by atoms with Crippen LogP contribution in [0.5, 0.6) is 5.75 Å². The van der Waals surface area contributed by atoms with Gasteiger partial charge in [0.25, 0.3) is 0 Å². The van der Waals surface area contributed by atoms with Crippen molar-refractivity contribution in [3.8, 4) is 33.7 Å². The molecule has 51 heavy (non-hydrogen) atoms. The summed E-state index contributed by atoms with van der Waals surface area (Å²) in [4.78, 5) is 0. The molecule has 1 unspecified atom stereocenters. The summed E-state index contributed by atoms with van der Waals surface area (Å²) >= 11 is 1.84. The molecule has 3 nitrogen and oxygen atoms in total. The first-order valence-electron chi connectivity index (χ1n) is 17.4. The highest BCUT2D eigenvalue weighted by molar-refractivity contribution is 7.26. The molecule has 0 radical (unpaired) electrons. The van der Waals surface area contributed by atoms with E-state index in [0.717, 1.165) is 17.0 Å². The highest BCUT2D eigenvalue weighted by atomic mass is 32.1. The van der Waals surface area contributed by atoms with E-state index in [4.69, 9.17) is 4.74 Å². The maximum Gasteiger partial charge on any atom is 0.196 e. The van der Waals surface area contributed by atoms with Gasteiger partial charge in [0.2, 0.25) is 0 Å². The van der Waals surface area contributed by atoms with Gasteiger partial charge < -0.3 is 14.6 Å². The number of hydrogen-bond acceptors (Lipinski definition) is 3. The van der Waals surface area contributed by atoms with E-state index in [0.29, 0.717) is 0 Å². The van der Waals surface area contributed by atoms with Crippen molar-refractivity contribution in [2.45, 2.75) is 6.23 Å². The van der Waals surface area contributed by atoms with Crippen LogP contribution in [-0.2, 0) is 0 Å². The lowest BCUT2D eigenvalue weighted by molar-refractivity contribution is 0.260. The summed E-state index contributed by atoms with van der Waals surface area (Å²) in [7, 11) is 0. The van der Waals surface area contributed by atoms with Crippen LogP contribution in [0.1, 0.15) is 11.8 Å². The molecule has 10 aromatic rings. The lowest BCUT2D eigenvalue weighted by atomic mass is 10.0. The molecule has 1 atom stereocenters. The summed E-state index contributed by atoms with van der Waals surface area (Å²) in [5.74, 6) is 0.899. The average molecular weight is 671 g/mol. The van der Waals surface area contributed by atoms with Gasteiger partial charge in [0, 0.05) is 42.2 Å². The molecule has 0 saturated carbocycles. The van der Waals surface area contributed by atoms with Crippen LogP contribution < -0.4 is 10.1 Å². The number of rotatable bonds is 4. The molecule has 0 bridgehead atoms. The molecule has 4 heteroatoms. The summed E-state index contributed by atoms with van der Waals surface area (Å²) in [6.45, 7) is 0. The van der Waals surface area contributed by atoms with Gasteiger partial charge in [0.15, 0.2) is 6.23 Å². The number of ether oxygens (including phenoxy) is 1. The minimum Gasteiger partial charge on any atom is -0.464 e. The van der Waals surface area contributed by atoms with Gasteiger partial charge in [-0.15, -0.1) is 11.3 Å². The molecule has 1 N–H and O–H groups in total. The van der Waals surface area contributed by atoms with Crippen LogP contribution in [0.2, 0.25) is 0 Å². The fraction of sp³-hybridized carbons (Fsp3) is 0.0213. The monoisotopic (exact) mass is 670 g/mol. The Morgan fingerprint density at radius 2 is 1.16 bits per heavy atom. The third kappa shape index (κ3) is 4.50. The van der Waals surface area contributed by atoms with Crippen molar-refractivity contribution in [1.82, 2.24) is 4.57 Å². The fourth-order valence-corrected chi connectivity index (χ4v) is 9.08. The Bertz CT molecular complexity index is 2960. The summed E-state index contributed by atoms with van der Waals surface area (Å²) in [5, 5.41) is 11.2. The van der Waals surface area contributed by atoms with Crippen molar-refractivity contribution in [1.29, 1.82) is 0 Å². The third-order valence-electron chi connectivity index (χ3n) is 10.4. The first-order chi connectivity index (χ1) is 25.2. The first-order valence-corrected chi connectivity index (χ1v) is 18.2. The van der Waals surface area contributed by atoms with Crippen molar-refractivity contribution in [2.24, 2.45) is 0 Å². The standard InChI is InChI=1S/C47H30N2OS/c1-3-9-29(10-4-1)35-19-21-37-44(28-35)51-43-24-23-42-46(45(37)43)48-47(50-42)31-17-15-30(16-18-31)34-20-22-40-38(26-34)39-25-32-11-7-8-12-33(32)27-41(39)49(40)36-13-5-2-6-14-36/h1-28,47-48H. The maximum absolute atomic E-state index is 6.53. The molecular weight excluding hydrogens is 641 g/mol. The Balaban J connectivity index is 0.943. The Hall–Kier alpha value is -6.36. The van der Waals surface area contributed by atoms with Gasteiger partial charge >= 0.3 is 0 Å². The molecule has 11 rings (SSSR count). The summed E-state index contributed by atoms with van der Waals surface area (Å²) < 4.78 is 11.5. The molecule has 0 aliphatic carbocycles. The minimum absolute atomic E-state index is 0.252. The Kier molecular flexibility index (Phi) is 6.18. The maximum atomic E-state index is 6.53. The Morgan fingerprint density at radius 1 is 0.490 bits per heavy atom. The topological polar surface area (TPSA) is 26.2 Å². The van der Waals surface area contributed by atoms with Gasteiger partial charge in [-0.1, -0.05) is 115 Å². The van der Waals surface area contributed by atoms with Crippen molar-refractivity contribution in [3.63, 3.8) is 0 Å². The van der Waals surface area contributed by atoms with E-state index in [1.165, 1.54) is 80.7 Å². The highest BCUT2D eigenvalue weighted by Crippen LogP contribution is 2.48. The highest BCUT2D eigenvalue weighted by Gasteiger charge is 2.27. The zero-order chi connectivity index (χ0) is 33.5. The quantitative estimate of drug-likeness (QED) is 0.202. The van der Waals surface area contributed by atoms with Crippen LogP contribution >= 0.6 is 11.3 Å². The smallest absolute Gasteiger partial charge is 0.196 e. The van der Waals surface area contributed by atoms with E-state index in [1.807, 2.05) is 11.3 Å². The fourth-order valence-electron chi connectivity index (χ4n) is 7.93. The molecule has 0 amide bonds. The number of anilines is 1. The largest absolute Gasteiger partial charge is 0.464 e. The lowest BCUT2D eigenvalue weighted by Gasteiger charge is -2.13. The number of benzene rings is 8. The summed E-state index contributed by atoms with van der Waals surface area (Å²) in [5.41, 5.74) is 10.6. The number of nitrogens with zero attached hydrogens (tertiary/aromatic N) is 1. The van der Waals surface area contributed by atoms with Crippen molar-refractivity contribution in [2.75, 3.05) is 5.32 Å². The normalized spacial score (nSPS) is 14.0. The van der Waals surface area contributed by atoms with Gasteiger partial charge in [-0.3, -0.25) is 0 Å². The average Bonchev–Trinajstić information content (AvgIpc) is 3.89. The van der Waals surface area contributed by atoms with E-state index in [-0.39, 0.29) is 6.23 Å². The Morgan fingerprint density at radius 3 is 1.98 bits per heavy atom. The number of nitrogens with one attached hydrogen (secondary N) is 1. The van der Waals surface area contributed by atoms with Crippen LogP contribution in [0, 0.1) is 0 Å². The van der Waals surface area contributed by atoms with Crippen molar-refractivity contribution >= 4 is 69.8 Å². The van der Waals surface area contributed by atoms with Crippen LogP contribution in [0.15, 0.2) is 170 Å². The molecule has 1 aliphatic rings. The van der Waals surface area contributed by atoms with Gasteiger partial charge in [-0.25, -0.2) is 0 Å². The molecule has 1 aliphatic heterocycles. The number of hydrogen-bond donors (Lipinski definition) is 1. The molecule has 0 saturated heterocycles. The number of thiophene rings is 1. The SMILES string of the molecule is c1ccc(-c2ccc3c(c2)sc2ccc4c(c23)NC(c2ccc(-c3ccc5c(c3)c3cc6ccccc6cc3n5-c3ccccc3)cc2)O4)cc1. The van der Waals surface area contributed by atoms with E-state index >= 15 is 0 Å². The number of fused-ring (bicyclic) bond motifs is 9. The van der Waals surface area contributed by atoms with Crippen LogP contribution in [-0.4, -0.2) is 4.57 Å². The second-order valence-electron chi connectivity index (χ2n) is 13.4. The zero-order valence-electron chi connectivity index (χ0n) is 27.5. The van der Waals surface area contributed by atoms with E-state index in [9.17, 15) is 0 Å². The predicted molar refractivity (Wildman–Crippen MR) is 215 cm³/mol. The van der Waals surface area contributed by atoms with E-state index < -0.39 is 0 Å². The van der Waals surface area contributed by atoms with Gasteiger partial charge in [0.05, 0.1) is 16.7 Å². The number of aromatic nitrogens is 1. The molecule has 3 heterocycles. The van der Waals surface area contributed by atoms with Crippen LogP contribution in [0.3, 0.4) is 0 Å². The van der Waals surface area contributed by atoms with Gasteiger partial charge in [-0.2, -0.15) is 0 Å². The molecule has 2 aromatic heterocycles. The molecule has 8 aromatic carbocycles. The Labute approximate surface area is 298 Å². The second-order valence-corrected chi connectivity index (χ2v) is 14.5.